The summed E-state index contributed by atoms with van der Waals surface area (Å²) in [5, 5.41) is 8.46. The van der Waals surface area contributed by atoms with E-state index >= 15 is 0 Å². The molecular weight excluding hydrogens is 223 g/mol. The quantitative estimate of drug-likeness (QED) is 0.744. The summed E-state index contributed by atoms with van der Waals surface area (Å²) in [4.78, 5) is 3.49. The number of halogens is 3. The van der Waals surface area contributed by atoms with Crippen LogP contribution in [0.5, 0.6) is 5.88 Å². The second-order valence-corrected chi connectivity index (χ2v) is 2.74. The van der Waals surface area contributed by atoms with Crippen LogP contribution in [-0.4, -0.2) is 23.8 Å². The summed E-state index contributed by atoms with van der Waals surface area (Å²) in [5.74, 6) is 4.57. The second-order valence-electron chi connectivity index (χ2n) is 2.74. The second kappa shape index (κ2) is 4.86. The van der Waals surface area contributed by atoms with Gasteiger partial charge >= 0.3 is 6.18 Å². The van der Waals surface area contributed by atoms with Gasteiger partial charge in [0.25, 0.3) is 0 Å². The molecule has 0 atom stereocenters. The molecule has 0 unspecified atom stereocenters. The topological polar surface area (TPSA) is 42.4 Å². The number of aromatic nitrogens is 1. The molecule has 0 aromatic carbocycles. The maximum absolute atomic E-state index is 12.3. The van der Waals surface area contributed by atoms with Gasteiger partial charge in [0.15, 0.2) is 0 Å². The van der Waals surface area contributed by atoms with Crippen molar-refractivity contribution in [2.75, 3.05) is 13.7 Å². The zero-order valence-electron chi connectivity index (χ0n) is 8.30. The van der Waals surface area contributed by atoms with Gasteiger partial charge in [-0.05, 0) is 6.07 Å². The summed E-state index contributed by atoms with van der Waals surface area (Å²) in [7, 11) is 1.28. The van der Waals surface area contributed by atoms with Gasteiger partial charge in [-0.1, -0.05) is 11.8 Å². The Morgan fingerprint density at radius 3 is 2.69 bits per heavy atom. The first-order chi connectivity index (χ1) is 7.49. The first-order valence-electron chi connectivity index (χ1n) is 4.20. The third kappa shape index (κ3) is 2.87. The van der Waals surface area contributed by atoms with Crippen LogP contribution in [0, 0.1) is 11.8 Å². The van der Waals surface area contributed by atoms with E-state index in [2.05, 4.69) is 16.8 Å². The molecule has 6 heteroatoms. The zero-order valence-corrected chi connectivity index (χ0v) is 8.30. The van der Waals surface area contributed by atoms with Crippen molar-refractivity contribution in [2.45, 2.75) is 6.18 Å². The molecule has 3 nitrogen and oxygen atoms in total. The molecular formula is C10H8F3NO2. The van der Waals surface area contributed by atoms with Crippen molar-refractivity contribution in [3.8, 4) is 17.7 Å². The number of aliphatic hydroxyl groups is 1. The standard InChI is InChI=1S/C10H8F3NO2/c1-16-9-7(3-2-4-15)5-8(6-14-9)10(11,12)13/h5-6,15H,4H2,1H3. The molecule has 0 radical (unpaired) electrons. The lowest BCUT2D eigenvalue weighted by Crippen LogP contribution is -2.06. The van der Waals surface area contributed by atoms with Crippen LogP contribution in [0.2, 0.25) is 0 Å². The van der Waals surface area contributed by atoms with Crippen molar-refractivity contribution in [3.05, 3.63) is 23.4 Å². The zero-order chi connectivity index (χ0) is 12.2. The van der Waals surface area contributed by atoms with Crippen LogP contribution in [0.4, 0.5) is 13.2 Å². The molecule has 0 spiro atoms. The molecule has 0 aliphatic heterocycles. The SMILES string of the molecule is COc1ncc(C(F)(F)F)cc1C#CCO. The lowest BCUT2D eigenvalue weighted by atomic mass is 10.2. The number of aliphatic hydroxyl groups excluding tert-OH is 1. The van der Waals surface area contributed by atoms with Gasteiger partial charge in [0.2, 0.25) is 5.88 Å². The van der Waals surface area contributed by atoms with Crippen molar-refractivity contribution in [1.29, 1.82) is 0 Å². The molecule has 1 aromatic heterocycles. The molecule has 0 aliphatic carbocycles. The van der Waals surface area contributed by atoms with Gasteiger partial charge in [0.1, 0.15) is 6.61 Å². The van der Waals surface area contributed by atoms with Crippen LogP contribution in [0.3, 0.4) is 0 Å². The predicted octanol–water partition coefficient (Wildman–Crippen LogP) is 1.45. The first-order valence-corrected chi connectivity index (χ1v) is 4.20. The van der Waals surface area contributed by atoms with Crippen LogP contribution in [0.15, 0.2) is 12.3 Å². The molecule has 0 saturated carbocycles. The maximum atomic E-state index is 12.3. The highest BCUT2D eigenvalue weighted by Crippen LogP contribution is 2.30. The average Bonchev–Trinajstić information content (AvgIpc) is 2.24. The van der Waals surface area contributed by atoms with E-state index in [1.54, 1.807) is 0 Å². The molecule has 0 bridgehead atoms. The summed E-state index contributed by atoms with van der Waals surface area (Å²) < 4.78 is 41.8. The average molecular weight is 231 g/mol. The minimum absolute atomic E-state index is 0.00560. The van der Waals surface area contributed by atoms with Gasteiger partial charge < -0.3 is 9.84 Å². The Morgan fingerprint density at radius 2 is 2.19 bits per heavy atom. The third-order valence-corrected chi connectivity index (χ3v) is 1.67. The van der Waals surface area contributed by atoms with E-state index in [9.17, 15) is 13.2 Å². The van der Waals surface area contributed by atoms with Crippen LogP contribution >= 0.6 is 0 Å². The maximum Gasteiger partial charge on any atom is 0.417 e. The minimum atomic E-state index is -4.48. The Hall–Kier alpha value is -1.74. The molecule has 0 fully saturated rings. The third-order valence-electron chi connectivity index (χ3n) is 1.67. The van der Waals surface area contributed by atoms with Gasteiger partial charge in [-0.15, -0.1) is 0 Å². The normalized spacial score (nSPS) is 10.6. The lowest BCUT2D eigenvalue weighted by molar-refractivity contribution is -0.137. The summed E-state index contributed by atoms with van der Waals surface area (Å²) in [6, 6.07) is 0.828. The largest absolute Gasteiger partial charge is 0.480 e. The smallest absolute Gasteiger partial charge is 0.417 e. The fourth-order valence-electron chi connectivity index (χ4n) is 0.994. The number of ether oxygens (including phenoxy) is 1. The molecule has 1 rings (SSSR count). The molecule has 16 heavy (non-hydrogen) atoms. The Bertz CT molecular complexity index is 432. The first kappa shape index (κ1) is 12.3. The van der Waals surface area contributed by atoms with Gasteiger partial charge in [-0.25, -0.2) is 4.98 Å². The van der Waals surface area contributed by atoms with Crippen LogP contribution < -0.4 is 4.74 Å². The molecule has 86 valence electrons. The van der Waals surface area contributed by atoms with Gasteiger partial charge in [-0.3, -0.25) is 0 Å². The van der Waals surface area contributed by atoms with Crippen LogP contribution in [-0.2, 0) is 6.18 Å². The van der Waals surface area contributed by atoms with Crippen LogP contribution in [0.1, 0.15) is 11.1 Å². The molecule has 0 amide bonds. The fourth-order valence-corrected chi connectivity index (χ4v) is 0.994. The van der Waals surface area contributed by atoms with Gasteiger partial charge in [-0.2, -0.15) is 13.2 Å². The number of pyridine rings is 1. The number of alkyl halides is 3. The van der Waals surface area contributed by atoms with Crippen molar-refractivity contribution in [2.24, 2.45) is 0 Å². The van der Waals surface area contributed by atoms with Crippen molar-refractivity contribution in [3.63, 3.8) is 0 Å². The van der Waals surface area contributed by atoms with Crippen molar-refractivity contribution >= 4 is 0 Å². The Labute approximate surface area is 89.9 Å². The summed E-state index contributed by atoms with van der Waals surface area (Å²) in [6.45, 7) is -0.445. The molecule has 0 aliphatic rings. The molecule has 0 saturated heterocycles. The van der Waals surface area contributed by atoms with E-state index < -0.39 is 18.3 Å². The predicted molar refractivity (Wildman–Crippen MR) is 49.8 cm³/mol. The highest BCUT2D eigenvalue weighted by atomic mass is 19.4. The Balaban J connectivity index is 3.21. The number of hydrogen-bond acceptors (Lipinski definition) is 3. The summed E-state index contributed by atoms with van der Waals surface area (Å²) in [5.41, 5.74) is -0.915. The molecule has 1 N–H and O–H groups in total. The summed E-state index contributed by atoms with van der Waals surface area (Å²) in [6.07, 6.45) is -3.81. The fraction of sp³-hybridized carbons (Fsp3) is 0.300. The van der Waals surface area contributed by atoms with Gasteiger partial charge in [0.05, 0.1) is 18.2 Å². The van der Waals surface area contributed by atoms with E-state index in [-0.39, 0.29) is 11.4 Å². The van der Waals surface area contributed by atoms with E-state index in [0.717, 1.165) is 6.07 Å². The van der Waals surface area contributed by atoms with Crippen LogP contribution in [0.25, 0.3) is 0 Å². The van der Waals surface area contributed by atoms with E-state index in [1.807, 2.05) is 0 Å². The monoisotopic (exact) mass is 231 g/mol. The van der Waals surface area contributed by atoms with Crippen molar-refractivity contribution in [1.82, 2.24) is 4.98 Å². The number of nitrogens with zero attached hydrogens (tertiary/aromatic N) is 1. The molecule has 1 aromatic rings. The van der Waals surface area contributed by atoms with E-state index in [1.165, 1.54) is 7.11 Å². The minimum Gasteiger partial charge on any atom is -0.480 e. The number of hydrogen-bond donors (Lipinski definition) is 1. The van der Waals surface area contributed by atoms with E-state index in [4.69, 9.17) is 9.84 Å². The number of rotatable bonds is 1. The van der Waals surface area contributed by atoms with E-state index in [0.29, 0.717) is 6.20 Å². The van der Waals surface area contributed by atoms with Gasteiger partial charge in [0, 0.05) is 6.20 Å². The Morgan fingerprint density at radius 1 is 1.50 bits per heavy atom. The number of methoxy groups -OCH3 is 1. The highest BCUT2D eigenvalue weighted by Gasteiger charge is 2.31. The highest BCUT2D eigenvalue weighted by molar-refractivity contribution is 5.44. The lowest BCUT2D eigenvalue weighted by Gasteiger charge is -2.08. The Kier molecular flexibility index (Phi) is 3.74. The van der Waals surface area contributed by atoms with Crippen molar-refractivity contribution < 1.29 is 23.0 Å². The summed E-state index contributed by atoms with van der Waals surface area (Å²) >= 11 is 0. The molecule has 1 heterocycles.